The molecule has 0 saturated heterocycles. The smallest absolute Gasteiger partial charge is 0.341 e. The summed E-state index contributed by atoms with van der Waals surface area (Å²) < 4.78 is 0. The van der Waals surface area contributed by atoms with Crippen molar-refractivity contribution in [1.82, 2.24) is 10.6 Å². The maximum absolute atomic E-state index is 11.2. The monoisotopic (exact) mass is 231 g/mol. The van der Waals surface area contributed by atoms with Crippen LogP contribution in [0.5, 0.6) is 0 Å². The fourth-order valence-corrected chi connectivity index (χ4v) is 1.31. The number of nitrogens with one attached hydrogen (secondary N) is 2. The molecule has 15 heavy (non-hydrogen) atoms. The fourth-order valence-electron chi connectivity index (χ4n) is 0.858. The molecule has 0 heterocycles. The molecule has 0 saturated carbocycles. The van der Waals surface area contributed by atoms with Crippen molar-refractivity contribution in [1.29, 1.82) is 0 Å². The molecule has 0 bridgehead atoms. The second kappa shape index (κ2) is 8.28. The number of aliphatic imine (C=N–C) groups is 1. The van der Waals surface area contributed by atoms with E-state index in [1.54, 1.807) is 6.26 Å². The summed E-state index contributed by atoms with van der Waals surface area (Å²) in [5.41, 5.74) is 0. The fraction of sp³-hybridized carbons (Fsp3) is 0.667. The molecule has 0 aliphatic heterocycles. The number of rotatable bonds is 4. The second-order valence-electron chi connectivity index (χ2n) is 2.68. The van der Waals surface area contributed by atoms with E-state index in [1.807, 2.05) is 13.8 Å². The highest BCUT2D eigenvalue weighted by atomic mass is 32.2. The molecule has 0 aromatic carbocycles. The van der Waals surface area contributed by atoms with Gasteiger partial charge in [-0.1, -0.05) is 0 Å². The SMILES string of the molecule is CCNC(=O)C/C(=N/C(=O)NCC)SC. The lowest BCUT2D eigenvalue weighted by Gasteiger charge is -2.03. The van der Waals surface area contributed by atoms with Crippen LogP contribution in [0.4, 0.5) is 4.79 Å². The molecule has 0 aromatic heterocycles. The highest BCUT2D eigenvalue weighted by Gasteiger charge is 2.07. The van der Waals surface area contributed by atoms with Crippen LogP contribution in [0.3, 0.4) is 0 Å². The van der Waals surface area contributed by atoms with E-state index >= 15 is 0 Å². The van der Waals surface area contributed by atoms with Gasteiger partial charge in [0, 0.05) is 13.1 Å². The first-order valence-electron chi connectivity index (χ1n) is 4.80. The minimum Gasteiger partial charge on any atom is -0.356 e. The van der Waals surface area contributed by atoms with E-state index in [2.05, 4.69) is 15.6 Å². The average Bonchev–Trinajstić information content (AvgIpc) is 2.17. The summed E-state index contributed by atoms with van der Waals surface area (Å²) in [6, 6.07) is -0.397. The summed E-state index contributed by atoms with van der Waals surface area (Å²) in [4.78, 5) is 26.1. The van der Waals surface area contributed by atoms with Gasteiger partial charge in [-0.2, -0.15) is 4.99 Å². The van der Waals surface area contributed by atoms with Crippen molar-refractivity contribution in [2.24, 2.45) is 4.99 Å². The van der Waals surface area contributed by atoms with Gasteiger partial charge in [-0.25, -0.2) is 4.79 Å². The lowest BCUT2D eigenvalue weighted by molar-refractivity contribution is -0.119. The summed E-state index contributed by atoms with van der Waals surface area (Å²) in [6.45, 7) is 4.78. The molecule has 2 N–H and O–H groups in total. The number of urea groups is 1. The topological polar surface area (TPSA) is 70.6 Å². The average molecular weight is 231 g/mol. The molecular weight excluding hydrogens is 214 g/mol. The number of carbonyl (C=O) groups excluding carboxylic acids is 2. The van der Waals surface area contributed by atoms with Crippen LogP contribution in [-0.4, -0.2) is 36.3 Å². The van der Waals surface area contributed by atoms with Crippen molar-refractivity contribution < 1.29 is 9.59 Å². The van der Waals surface area contributed by atoms with Crippen LogP contribution < -0.4 is 10.6 Å². The van der Waals surface area contributed by atoms with Gasteiger partial charge in [-0.15, -0.1) is 11.8 Å². The molecule has 0 radical (unpaired) electrons. The van der Waals surface area contributed by atoms with Crippen molar-refractivity contribution in [2.45, 2.75) is 20.3 Å². The molecule has 0 atom stereocenters. The lowest BCUT2D eigenvalue weighted by Crippen LogP contribution is -2.26. The van der Waals surface area contributed by atoms with Crippen molar-refractivity contribution >= 4 is 28.7 Å². The van der Waals surface area contributed by atoms with Gasteiger partial charge in [0.25, 0.3) is 0 Å². The normalized spacial score (nSPS) is 11.0. The van der Waals surface area contributed by atoms with Gasteiger partial charge in [-0.3, -0.25) is 4.79 Å². The van der Waals surface area contributed by atoms with E-state index in [0.717, 1.165) is 0 Å². The standard InChI is InChI=1S/C9H17N3O2S/c1-4-10-7(13)6-8(15-3)12-9(14)11-5-2/h4-6H2,1-3H3,(H,10,13)(H,11,14)/b12-8-. The predicted molar refractivity (Wildman–Crippen MR) is 63.3 cm³/mol. The Morgan fingerprint density at radius 2 is 1.80 bits per heavy atom. The third-order valence-corrected chi connectivity index (χ3v) is 2.18. The molecule has 0 aromatic rings. The summed E-state index contributed by atoms with van der Waals surface area (Å²) in [7, 11) is 0. The Bertz CT molecular complexity index is 254. The molecule has 0 aliphatic rings. The van der Waals surface area contributed by atoms with Gasteiger partial charge in [-0.05, 0) is 20.1 Å². The Labute approximate surface area is 94.1 Å². The van der Waals surface area contributed by atoms with Gasteiger partial charge in [0.15, 0.2) is 0 Å². The molecule has 0 aliphatic carbocycles. The Balaban J connectivity index is 4.22. The maximum atomic E-state index is 11.2. The number of thioether (sulfide) groups is 1. The van der Waals surface area contributed by atoms with E-state index < -0.39 is 6.03 Å². The zero-order valence-electron chi connectivity index (χ0n) is 9.29. The van der Waals surface area contributed by atoms with Crippen LogP contribution in [0.15, 0.2) is 4.99 Å². The quantitative estimate of drug-likeness (QED) is 0.560. The molecular formula is C9H17N3O2S. The molecule has 6 heteroatoms. The first kappa shape index (κ1) is 14.0. The Morgan fingerprint density at radius 1 is 1.20 bits per heavy atom. The molecule has 0 spiro atoms. The number of carbonyl (C=O) groups is 2. The predicted octanol–water partition coefficient (Wildman–Crippen LogP) is 1.00. The largest absolute Gasteiger partial charge is 0.356 e. The summed E-state index contributed by atoms with van der Waals surface area (Å²) >= 11 is 1.31. The van der Waals surface area contributed by atoms with Crippen LogP contribution in [0.2, 0.25) is 0 Å². The van der Waals surface area contributed by atoms with E-state index in [9.17, 15) is 9.59 Å². The van der Waals surface area contributed by atoms with Crippen molar-refractivity contribution in [3.8, 4) is 0 Å². The highest BCUT2D eigenvalue weighted by Crippen LogP contribution is 2.03. The molecule has 0 unspecified atom stereocenters. The van der Waals surface area contributed by atoms with Crippen LogP contribution in [-0.2, 0) is 4.79 Å². The molecule has 0 fully saturated rings. The first-order valence-corrected chi connectivity index (χ1v) is 6.02. The van der Waals surface area contributed by atoms with Crippen molar-refractivity contribution in [3.05, 3.63) is 0 Å². The molecule has 5 nitrogen and oxygen atoms in total. The van der Waals surface area contributed by atoms with Crippen molar-refractivity contribution in [3.63, 3.8) is 0 Å². The van der Waals surface area contributed by atoms with Gasteiger partial charge in [0.05, 0.1) is 11.5 Å². The number of hydrogen-bond acceptors (Lipinski definition) is 3. The number of hydrogen-bond donors (Lipinski definition) is 2. The van der Waals surface area contributed by atoms with Crippen LogP contribution >= 0.6 is 11.8 Å². The van der Waals surface area contributed by atoms with Gasteiger partial charge in [0.2, 0.25) is 5.91 Å². The molecule has 3 amide bonds. The van der Waals surface area contributed by atoms with Crippen LogP contribution in [0.25, 0.3) is 0 Å². The minimum absolute atomic E-state index is 0.116. The number of nitrogens with zero attached hydrogens (tertiary/aromatic N) is 1. The summed E-state index contributed by atoms with van der Waals surface area (Å²) in [6.07, 6.45) is 1.95. The van der Waals surface area contributed by atoms with Crippen LogP contribution in [0.1, 0.15) is 20.3 Å². The Kier molecular flexibility index (Phi) is 7.71. The van der Waals surface area contributed by atoms with E-state index in [1.165, 1.54) is 11.8 Å². The maximum Gasteiger partial charge on any atom is 0.341 e. The van der Waals surface area contributed by atoms with E-state index in [-0.39, 0.29) is 12.3 Å². The zero-order chi connectivity index (χ0) is 11.7. The van der Waals surface area contributed by atoms with Gasteiger partial charge < -0.3 is 10.6 Å². The van der Waals surface area contributed by atoms with E-state index in [0.29, 0.717) is 18.1 Å². The van der Waals surface area contributed by atoms with E-state index in [4.69, 9.17) is 0 Å². The minimum atomic E-state index is -0.397. The second-order valence-corrected chi connectivity index (χ2v) is 3.55. The lowest BCUT2D eigenvalue weighted by atomic mass is 10.4. The summed E-state index contributed by atoms with van der Waals surface area (Å²) in [5, 5.41) is 5.72. The third kappa shape index (κ3) is 6.96. The Hall–Kier alpha value is -1.04. The van der Waals surface area contributed by atoms with Crippen LogP contribution in [0, 0.1) is 0 Å². The van der Waals surface area contributed by atoms with Crippen molar-refractivity contribution in [2.75, 3.05) is 19.3 Å². The zero-order valence-corrected chi connectivity index (χ0v) is 10.1. The third-order valence-electron chi connectivity index (χ3n) is 1.48. The number of amides is 3. The van der Waals surface area contributed by atoms with Gasteiger partial charge in [0.1, 0.15) is 0 Å². The van der Waals surface area contributed by atoms with Gasteiger partial charge >= 0.3 is 6.03 Å². The molecule has 0 rings (SSSR count). The summed E-state index contributed by atoms with van der Waals surface area (Å²) in [5.74, 6) is -0.116. The molecule has 86 valence electrons. The Morgan fingerprint density at radius 3 is 2.27 bits per heavy atom. The highest BCUT2D eigenvalue weighted by molar-refractivity contribution is 8.13. The first-order chi connectivity index (χ1) is 7.13.